The lowest BCUT2D eigenvalue weighted by Crippen LogP contribution is -2.33. The zero-order valence-electron chi connectivity index (χ0n) is 16.7. The van der Waals surface area contributed by atoms with Crippen LogP contribution in [0, 0.1) is 19.7 Å². The summed E-state index contributed by atoms with van der Waals surface area (Å²) in [6.45, 7) is 3.60. The van der Waals surface area contributed by atoms with Crippen molar-refractivity contribution in [1.29, 1.82) is 0 Å². The highest BCUT2D eigenvalue weighted by Crippen LogP contribution is 2.37. The number of imide groups is 1. The second-order valence-electron chi connectivity index (χ2n) is 7.17. The number of anilines is 2. The Hall–Kier alpha value is -3.15. The molecule has 4 rings (SSSR count). The van der Waals surface area contributed by atoms with Gasteiger partial charge in [0.25, 0.3) is 11.8 Å². The molecule has 7 heteroatoms. The van der Waals surface area contributed by atoms with Crippen molar-refractivity contribution in [2.24, 2.45) is 0 Å². The lowest BCUT2D eigenvalue weighted by Gasteiger charge is -2.18. The van der Waals surface area contributed by atoms with Crippen molar-refractivity contribution in [3.63, 3.8) is 0 Å². The van der Waals surface area contributed by atoms with Crippen molar-refractivity contribution in [3.8, 4) is 0 Å². The Morgan fingerprint density at radius 1 is 0.903 bits per heavy atom. The van der Waals surface area contributed by atoms with Gasteiger partial charge in [-0.25, -0.2) is 9.29 Å². The van der Waals surface area contributed by atoms with Gasteiger partial charge < -0.3 is 5.32 Å². The third-order valence-electron chi connectivity index (χ3n) is 5.16. The minimum Gasteiger partial charge on any atom is -0.350 e. The molecule has 3 aromatic carbocycles. The Labute approximate surface area is 188 Å². The van der Waals surface area contributed by atoms with Crippen LogP contribution in [0.1, 0.15) is 16.7 Å². The van der Waals surface area contributed by atoms with E-state index in [-0.39, 0.29) is 11.3 Å². The van der Waals surface area contributed by atoms with Crippen molar-refractivity contribution >= 4 is 52.0 Å². The van der Waals surface area contributed by atoms with Gasteiger partial charge in [0, 0.05) is 15.7 Å². The van der Waals surface area contributed by atoms with Gasteiger partial charge in [0.15, 0.2) is 0 Å². The summed E-state index contributed by atoms with van der Waals surface area (Å²) in [4.78, 5) is 28.0. The van der Waals surface area contributed by atoms with Crippen LogP contribution in [0.15, 0.2) is 66.4 Å². The molecule has 0 bridgehead atoms. The third-order valence-corrected chi connectivity index (χ3v) is 5.80. The molecule has 3 aromatic rings. The zero-order chi connectivity index (χ0) is 22.3. The molecule has 0 atom stereocenters. The molecule has 0 fully saturated rings. The van der Waals surface area contributed by atoms with Gasteiger partial charge in [-0.1, -0.05) is 47.5 Å². The molecule has 4 nitrogen and oxygen atoms in total. The fourth-order valence-corrected chi connectivity index (χ4v) is 3.79. The Morgan fingerprint density at radius 3 is 2.32 bits per heavy atom. The van der Waals surface area contributed by atoms with Gasteiger partial charge in [0.2, 0.25) is 0 Å². The second kappa shape index (κ2) is 8.17. The summed E-state index contributed by atoms with van der Waals surface area (Å²) in [5.41, 5.74) is 3.07. The van der Waals surface area contributed by atoms with Crippen LogP contribution in [0.2, 0.25) is 10.0 Å². The van der Waals surface area contributed by atoms with Gasteiger partial charge >= 0.3 is 0 Å². The molecule has 1 aliphatic heterocycles. The van der Waals surface area contributed by atoms with E-state index in [1.807, 2.05) is 13.0 Å². The molecule has 0 spiro atoms. The first-order valence-electron chi connectivity index (χ1n) is 9.45. The van der Waals surface area contributed by atoms with Crippen molar-refractivity contribution in [2.45, 2.75) is 13.8 Å². The molecule has 1 heterocycles. The molecule has 0 saturated heterocycles. The Bertz CT molecular complexity index is 1250. The Balaban J connectivity index is 1.88. The minimum atomic E-state index is -0.533. The number of rotatable bonds is 4. The number of nitrogens with zero attached hydrogens (tertiary/aromatic N) is 1. The molecule has 0 radical (unpaired) electrons. The first-order chi connectivity index (χ1) is 14.8. The molecular formula is C24H17Cl2FN2O2. The first-order valence-corrected chi connectivity index (χ1v) is 10.2. The van der Waals surface area contributed by atoms with Crippen LogP contribution in [-0.4, -0.2) is 11.8 Å². The minimum absolute atomic E-state index is 0.0846. The second-order valence-corrected chi connectivity index (χ2v) is 8.01. The average molecular weight is 455 g/mol. The first kappa shape index (κ1) is 21.1. The predicted octanol–water partition coefficient (Wildman–Crippen LogP) is 6.15. The van der Waals surface area contributed by atoms with E-state index in [0.717, 1.165) is 10.5 Å². The van der Waals surface area contributed by atoms with Crippen molar-refractivity contribution < 1.29 is 14.0 Å². The maximum Gasteiger partial charge on any atom is 0.282 e. The van der Waals surface area contributed by atoms with Gasteiger partial charge in [0.1, 0.15) is 11.5 Å². The maximum absolute atomic E-state index is 13.5. The molecule has 1 N–H and O–H groups in total. The monoisotopic (exact) mass is 454 g/mol. The van der Waals surface area contributed by atoms with Crippen molar-refractivity contribution in [1.82, 2.24) is 0 Å². The molecule has 156 valence electrons. The number of carbonyl (C=O) groups excluding carboxylic acids is 2. The highest BCUT2D eigenvalue weighted by atomic mass is 35.5. The molecule has 0 aliphatic carbocycles. The van der Waals surface area contributed by atoms with E-state index in [1.54, 1.807) is 37.3 Å². The number of benzene rings is 3. The Kier molecular flexibility index (Phi) is 5.56. The standard InChI is InChI=1S/C24H17Cl2FN2O2/c1-13-6-9-16(25)12-19(13)28-22-21(15-7-10-17(27)11-8-15)23(30)29(24(22)31)20-5-3-4-18(26)14(20)2/h3-12,28H,1-2H3. The Morgan fingerprint density at radius 2 is 1.61 bits per heavy atom. The molecule has 0 saturated carbocycles. The number of amides is 2. The smallest absolute Gasteiger partial charge is 0.282 e. The van der Waals surface area contributed by atoms with Crippen LogP contribution in [0.25, 0.3) is 5.57 Å². The van der Waals surface area contributed by atoms with Crippen molar-refractivity contribution in [2.75, 3.05) is 10.2 Å². The number of hydrogen-bond acceptors (Lipinski definition) is 3. The SMILES string of the molecule is Cc1ccc(Cl)cc1NC1=C(c2ccc(F)cc2)C(=O)N(c2cccc(Cl)c2C)C1=O. The summed E-state index contributed by atoms with van der Waals surface area (Å²) in [6.07, 6.45) is 0. The van der Waals surface area contributed by atoms with E-state index in [2.05, 4.69) is 5.32 Å². The maximum atomic E-state index is 13.5. The quantitative estimate of drug-likeness (QED) is 0.481. The number of aryl methyl sites for hydroxylation is 1. The summed E-state index contributed by atoms with van der Waals surface area (Å²) < 4.78 is 13.5. The van der Waals surface area contributed by atoms with Crippen LogP contribution in [-0.2, 0) is 9.59 Å². The third kappa shape index (κ3) is 3.82. The fourth-order valence-electron chi connectivity index (χ4n) is 3.45. The fraction of sp³-hybridized carbons (Fsp3) is 0.0833. The molecule has 1 aliphatic rings. The summed E-state index contributed by atoms with van der Waals surface area (Å²) in [7, 11) is 0. The molecule has 0 unspecified atom stereocenters. The molecular weight excluding hydrogens is 438 g/mol. The van der Waals surface area contributed by atoms with Gasteiger partial charge in [0.05, 0.1) is 11.3 Å². The van der Waals surface area contributed by atoms with Crippen LogP contribution >= 0.6 is 23.2 Å². The molecule has 0 aromatic heterocycles. The van der Waals surface area contributed by atoms with Crippen LogP contribution in [0.3, 0.4) is 0 Å². The topological polar surface area (TPSA) is 49.4 Å². The normalized spacial score (nSPS) is 13.9. The van der Waals surface area contributed by atoms with E-state index >= 15 is 0 Å². The van der Waals surface area contributed by atoms with Gasteiger partial charge in [-0.3, -0.25) is 9.59 Å². The molecule has 2 amide bonds. The van der Waals surface area contributed by atoms with Gasteiger partial charge in [-0.15, -0.1) is 0 Å². The highest BCUT2D eigenvalue weighted by Gasteiger charge is 2.41. The van der Waals surface area contributed by atoms with Crippen LogP contribution in [0.5, 0.6) is 0 Å². The highest BCUT2D eigenvalue weighted by molar-refractivity contribution is 6.46. The van der Waals surface area contributed by atoms with E-state index in [1.165, 1.54) is 24.3 Å². The van der Waals surface area contributed by atoms with E-state index in [9.17, 15) is 14.0 Å². The molecule has 31 heavy (non-hydrogen) atoms. The van der Waals surface area contributed by atoms with Crippen LogP contribution < -0.4 is 10.2 Å². The predicted molar refractivity (Wildman–Crippen MR) is 122 cm³/mol. The number of halogens is 3. The van der Waals surface area contributed by atoms with Crippen molar-refractivity contribution in [3.05, 3.63) is 98.9 Å². The summed E-state index contributed by atoms with van der Waals surface area (Å²) in [6, 6.07) is 15.7. The summed E-state index contributed by atoms with van der Waals surface area (Å²) >= 11 is 12.4. The van der Waals surface area contributed by atoms with Gasteiger partial charge in [-0.2, -0.15) is 0 Å². The zero-order valence-corrected chi connectivity index (χ0v) is 18.2. The van der Waals surface area contributed by atoms with E-state index in [0.29, 0.717) is 32.5 Å². The van der Waals surface area contributed by atoms with Crippen LogP contribution in [0.4, 0.5) is 15.8 Å². The number of hydrogen-bond donors (Lipinski definition) is 1. The average Bonchev–Trinajstić information content (AvgIpc) is 2.97. The van der Waals surface area contributed by atoms with E-state index < -0.39 is 17.6 Å². The summed E-state index contributed by atoms with van der Waals surface area (Å²) in [5.74, 6) is -1.50. The summed E-state index contributed by atoms with van der Waals surface area (Å²) in [5, 5.41) is 4.00. The largest absolute Gasteiger partial charge is 0.350 e. The number of carbonyl (C=O) groups is 2. The van der Waals surface area contributed by atoms with E-state index in [4.69, 9.17) is 23.2 Å². The van der Waals surface area contributed by atoms with Gasteiger partial charge in [-0.05, 0) is 66.9 Å². The number of nitrogens with one attached hydrogen (secondary N) is 1. The lowest BCUT2D eigenvalue weighted by molar-refractivity contribution is -0.120. The lowest BCUT2D eigenvalue weighted by atomic mass is 10.0.